The standard InChI is InChI=1S/C46H76O16/c1-40(2)14-15-45-21-58-46(27(45)16-40)13-9-26-42(5)11-10-29(41(3,4)25(42)8-12-43(26,6)44(46,7)17-28(45)49)61-37-35(55)32(52)24(20-57-37)60-39-36(33(53)31(51)23(18-47)59-39)62-38-34(54)30(50)22(48)19-56-38/h22-39,47-55H,8-21H2,1-7H3/t22-,23-,24+,25+,26-,27?,28-,29+,30+,31-,32+,33+,34-,35-,36-,37+,38+,39+,42+,43-,44+,45-,46+/m1/s1. The van der Waals surface area contributed by atoms with E-state index in [1.807, 2.05) is 0 Å². The molecule has 9 aliphatic rings. The zero-order valence-corrected chi connectivity index (χ0v) is 37.7. The lowest BCUT2D eigenvalue weighted by Crippen LogP contribution is -2.74. The minimum atomic E-state index is -1.74. The van der Waals surface area contributed by atoms with Crippen LogP contribution in [0.2, 0.25) is 0 Å². The van der Waals surface area contributed by atoms with Gasteiger partial charge in [0, 0.05) is 10.8 Å². The van der Waals surface area contributed by atoms with Gasteiger partial charge in [0.05, 0.1) is 44.2 Å². The average molecular weight is 885 g/mol. The van der Waals surface area contributed by atoms with E-state index in [9.17, 15) is 46.0 Å². The van der Waals surface area contributed by atoms with Gasteiger partial charge in [-0.05, 0) is 104 Å². The zero-order chi connectivity index (χ0) is 44.7. The molecule has 23 atom stereocenters. The van der Waals surface area contributed by atoms with E-state index in [4.69, 9.17) is 33.2 Å². The van der Waals surface area contributed by atoms with E-state index in [-0.39, 0.29) is 63.5 Å². The highest BCUT2D eigenvalue weighted by atomic mass is 16.8. The first-order valence-corrected chi connectivity index (χ1v) is 23.5. The van der Waals surface area contributed by atoms with Crippen molar-refractivity contribution in [3.63, 3.8) is 0 Å². The van der Waals surface area contributed by atoms with Crippen molar-refractivity contribution in [1.29, 1.82) is 0 Å². The fraction of sp³-hybridized carbons (Fsp3) is 1.00. The van der Waals surface area contributed by atoms with E-state index >= 15 is 0 Å². The van der Waals surface area contributed by atoms with E-state index in [2.05, 4.69) is 48.5 Å². The van der Waals surface area contributed by atoms with Crippen LogP contribution in [0.4, 0.5) is 0 Å². The first-order valence-electron chi connectivity index (χ1n) is 23.5. The number of aliphatic hydroxyl groups is 9. The van der Waals surface area contributed by atoms with Crippen molar-refractivity contribution in [2.75, 3.05) is 26.4 Å². The van der Waals surface area contributed by atoms with Crippen LogP contribution in [0, 0.1) is 50.2 Å². The lowest BCUT2D eigenvalue weighted by Gasteiger charge is -2.75. The van der Waals surface area contributed by atoms with Gasteiger partial charge in [0.25, 0.3) is 0 Å². The minimum Gasteiger partial charge on any atom is -0.394 e. The van der Waals surface area contributed by atoms with E-state index in [0.717, 1.165) is 64.2 Å². The molecule has 0 aromatic carbocycles. The minimum absolute atomic E-state index is 0.00479. The van der Waals surface area contributed by atoms with Gasteiger partial charge in [-0.15, -0.1) is 0 Å². The Morgan fingerprint density at radius 1 is 0.597 bits per heavy atom. The zero-order valence-electron chi connectivity index (χ0n) is 37.7. The van der Waals surface area contributed by atoms with Crippen LogP contribution in [0.25, 0.3) is 0 Å². The largest absolute Gasteiger partial charge is 0.394 e. The maximum Gasteiger partial charge on any atom is 0.187 e. The van der Waals surface area contributed by atoms with Crippen molar-refractivity contribution in [3.8, 4) is 0 Å². The van der Waals surface area contributed by atoms with Crippen LogP contribution < -0.4 is 0 Å². The smallest absolute Gasteiger partial charge is 0.187 e. The van der Waals surface area contributed by atoms with Gasteiger partial charge in [-0.1, -0.05) is 48.5 Å². The molecule has 62 heavy (non-hydrogen) atoms. The first kappa shape index (κ1) is 46.5. The Bertz CT molecular complexity index is 1650. The normalized spacial score (nSPS) is 58.1. The number of rotatable bonds is 7. The van der Waals surface area contributed by atoms with Crippen molar-refractivity contribution in [1.82, 2.24) is 0 Å². The number of hydrogen-bond donors (Lipinski definition) is 9. The molecule has 5 aliphatic carbocycles. The Morgan fingerprint density at radius 2 is 1.27 bits per heavy atom. The molecular formula is C46H76O16. The van der Waals surface area contributed by atoms with Crippen LogP contribution in [-0.4, -0.2) is 170 Å². The summed E-state index contributed by atoms with van der Waals surface area (Å²) >= 11 is 0. The van der Waals surface area contributed by atoms with Crippen LogP contribution in [0.3, 0.4) is 0 Å². The highest BCUT2D eigenvalue weighted by molar-refractivity contribution is 5.28. The van der Waals surface area contributed by atoms with Gasteiger partial charge in [0.15, 0.2) is 18.9 Å². The van der Waals surface area contributed by atoms with Gasteiger partial charge in [0.1, 0.15) is 61.0 Å². The molecule has 4 heterocycles. The second-order valence-electron chi connectivity index (χ2n) is 23.4. The lowest BCUT2D eigenvalue weighted by atomic mass is 9.30. The van der Waals surface area contributed by atoms with Gasteiger partial charge >= 0.3 is 0 Å². The number of ether oxygens (including phenoxy) is 7. The van der Waals surface area contributed by atoms with Crippen LogP contribution >= 0.6 is 0 Å². The van der Waals surface area contributed by atoms with Gasteiger partial charge in [0.2, 0.25) is 0 Å². The summed E-state index contributed by atoms with van der Waals surface area (Å²) in [5.74, 6) is 1.08. The molecule has 16 heteroatoms. The van der Waals surface area contributed by atoms with Gasteiger partial charge in [-0.25, -0.2) is 0 Å². The highest BCUT2D eigenvalue weighted by Gasteiger charge is 2.80. The van der Waals surface area contributed by atoms with Crippen molar-refractivity contribution < 1.29 is 79.1 Å². The van der Waals surface area contributed by atoms with E-state index in [0.29, 0.717) is 24.4 Å². The summed E-state index contributed by atoms with van der Waals surface area (Å²) in [6.07, 6.45) is -10.5. The fourth-order valence-corrected chi connectivity index (χ4v) is 16.0. The maximum atomic E-state index is 12.2. The third-order valence-corrected chi connectivity index (χ3v) is 19.7. The molecule has 0 aromatic heterocycles. The predicted molar refractivity (Wildman–Crippen MR) is 218 cm³/mol. The van der Waals surface area contributed by atoms with Crippen LogP contribution in [0.15, 0.2) is 0 Å². The maximum absolute atomic E-state index is 12.2. The van der Waals surface area contributed by atoms with Gasteiger partial charge < -0.3 is 79.1 Å². The van der Waals surface area contributed by atoms with Crippen molar-refractivity contribution in [3.05, 3.63) is 0 Å². The molecule has 1 unspecified atom stereocenters. The van der Waals surface area contributed by atoms with Crippen molar-refractivity contribution in [2.24, 2.45) is 50.2 Å². The quantitative estimate of drug-likeness (QED) is 0.163. The molecule has 9 N–H and O–H groups in total. The van der Waals surface area contributed by atoms with Gasteiger partial charge in [-0.3, -0.25) is 0 Å². The first-order chi connectivity index (χ1) is 29.0. The van der Waals surface area contributed by atoms with Crippen LogP contribution in [0.5, 0.6) is 0 Å². The third-order valence-electron chi connectivity index (χ3n) is 19.7. The summed E-state index contributed by atoms with van der Waals surface area (Å²) in [7, 11) is 0. The summed E-state index contributed by atoms with van der Waals surface area (Å²) < 4.78 is 42.9. The summed E-state index contributed by atoms with van der Waals surface area (Å²) in [6, 6.07) is 0. The van der Waals surface area contributed by atoms with Crippen molar-refractivity contribution in [2.45, 2.75) is 210 Å². The predicted octanol–water partition coefficient (Wildman–Crippen LogP) is 1.10. The molecule has 9 rings (SSSR count). The number of hydrogen-bond acceptors (Lipinski definition) is 16. The summed E-state index contributed by atoms with van der Waals surface area (Å²) in [4.78, 5) is 0. The second kappa shape index (κ2) is 15.7. The number of fused-ring (bicyclic) bond motifs is 4. The highest BCUT2D eigenvalue weighted by Crippen LogP contribution is 2.80. The Labute approximate surface area is 365 Å². The number of aliphatic hydroxyl groups excluding tert-OH is 9. The summed E-state index contributed by atoms with van der Waals surface area (Å²) in [5, 5.41) is 97.3. The molecule has 4 saturated heterocycles. The van der Waals surface area contributed by atoms with E-state index < -0.39 is 86.5 Å². The average Bonchev–Trinajstić information content (AvgIpc) is 3.49. The van der Waals surface area contributed by atoms with Crippen LogP contribution in [0.1, 0.15) is 113 Å². The molecule has 16 nitrogen and oxygen atoms in total. The van der Waals surface area contributed by atoms with E-state index in [1.165, 1.54) is 0 Å². The lowest BCUT2D eigenvalue weighted by molar-refractivity contribution is -0.378. The molecule has 0 radical (unpaired) electrons. The Morgan fingerprint density at radius 3 is 2.00 bits per heavy atom. The monoisotopic (exact) mass is 885 g/mol. The molecule has 356 valence electrons. The third kappa shape index (κ3) is 6.57. The van der Waals surface area contributed by atoms with Crippen molar-refractivity contribution >= 4 is 0 Å². The molecule has 1 spiro atoms. The molecule has 4 aliphatic heterocycles. The summed E-state index contributed by atoms with van der Waals surface area (Å²) in [5.41, 5.74) is -0.683. The molecule has 9 fully saturated rings. The molecule has 0 aromatic rings. The Kier molecular flexibility index (Phi) is 11.8. The van der Waals surface area contributed by atoms with Gasteiger partial charge in [-0.2, -0.15) is 0 Å². The topological polar surface area (TPSA) is 247 Å². The summed E-state index contributed by atoms with van der Waals surface area (Å²) in [6.45, 7) is 16.1. The van der Waals surface area contributed by atoms with Crippen LogP contribution in [-0.2, 0) is 33.2 Å². The molecule has 5 saturated carbocycles. The molecule has 0 amide bonds. The molecule has 2 bridgehead atoms. The second-order valence-corrected chi connectivity index (χ2v) is 23.4. The fourth-order valence-electron chi connectivity index (χ4n) is 16.0. The Hall–Kier alpha value is -0.640. The SMILES string of the molecule is CC1(C)CC[C@]23CO[C@@]4(CC[C@@H]5[C@@]6(C)CC[C@H](O[C@@H]7OC[C@H](O[C@@H]8O[C@H](CO)[C@@H](O)[C@H](O)[C@H]8O[C@@H]8OC[C@@H](O)[C@H](O)[C@H]8O)[C@H](O)[C@H]7O)C(C)(C)[C@@H]6CC[C@@]5(C)[C@]4(C)C[C@H]2O)C3C1. The van der Waals surface area contributed by atoms with E-state index in [1.54, 1.807) is 0 Å². The Balaban J connectivity index is 0.879. The molecular weight excluding hydrogens is 808 g/mol.